The van der Waals surface area contributed by atoms with Crippen LogP contribution in [0.2, 0.25) is 0 Å². The summed E-state index contributed by atoms with van der Waals surface area (Å²) >= 11 is 0. The lowest BCUT2D eigenvalue weighted by molar-refractivity contribution is 0.669. The molecule has 0 aliphatic heterocycles. The van der Waals surface area contributed by atoms with E-state index in [0.29, 0.717) is 17.5 Å². The van der Waals surface area contributed by atoms with Gasteiger partial charge in [-0.05, 0) is 79.2 Å². The van der Waals surface area contributed by atoms with Crippen molar-refractivity contribution in [1.29, 1.82) is 0 Å². The fourth-order valence-electron chi connectivity index (χ4n) is 8.04. The second kappa shape index (κ2) is 13.6. The monoisotopic (exact) mass is 727 g/mol. The van der Waals surface area contributed by atoms with Crippen LogP contribution in [0.5, 0.6) is 0 Å². The zero-order valence-electron chi connectivity index (χ0n) is 30.8. The first-order valence-electron chi connectivity index (χ1n) is 19.2. The minimum Gasteiger partial charge on any atom is -0.456 e. The van der Waals surface area contributed by atoms with Gasteiger partial charge in [-0.15, -0.1) is 0 Å². The summed E-state index contributed by atoms with van der Waals surface area (Å²) < 4.78 is 6.77. The van der Waals surface area contributed by atoms with Crippen molar-refractivity contribution in [2.45, 2.75) is 0 Å². The molecule has 0 unspecified atom stereocenters. The summed E-state index contributed by atoms with van der Waals surface area (Å²) in [6, 6.07) is 69.9. The molecule has 0 aliphatic carbocycles. The van der Waals surface area contributed by atoms with Gasteiger partial charge >= 0.3 is 0 Å². The van der Waals surface area contributed by atoms with Crippen LogP contribution in [0.15, 0.2) is 205 Å². The largest absolute Gasteiger partial charge is 0.456 e. The summed E-state index contributed by atoms with van der Waals surface area (Å²) in [7, 11) is 0. The molecular weight excluding hydrogens is 695 g/mol. The van der Waals surface area contributed by atoms with Crippen LogP contribution < -0.4 is 0 Å². The zero-order chi connectivity index (χ0) is 37.7. The standard InChI is InChI=1S/C53H33N3O/c1-3-12-34(13-4-1)36-22-26-39(27-23-36)51-54-52(40-28-24-37(25-29-40)35-14-5-2-6-15-35)56-53(55-51)47-31-43(45-21-11-19-38-16-9-10-20-44(38)45)33-49-50(47)46-30-41-17-7-8-18-42(41)32-48(46)57-49/h1-33H. The van der Waals surface area contributed by atoms with Crippen LogP contribution in [-0.2, 0) is 0 Å². The molecule has 2 heterocycles. The van der Waals surface area contributed by atoms with Gasteiger partial charge in [-0.3, -0.25) is 0 Å². The molecule has 266 valence electrons. The van der Waals surface area contributed by atoms with Crippen LogP contribution in [-0.4, -0.2) is 15.0 Å². The van der Waals surface area contributed by atoms with Gasteiger partial charge in [0.05, 0.1) is 0 Å². The average Bonchev–Trinajstić information content (AvgIpc) is 3.65. The summed E-state index contributed by atoms with van der Waals surface area (Å²) in [6.07, 6.45) is 0. The molecule has 2 aromatic heterocycles. The molecule has 0 saturated carbocycles. The van der Waals surface area contributed by atoms with Crippen molar-refractivity contribution in [2.24, 2.45) is 0 Å². The van der Waals surface area contributed by atoms with Crippen molar-refractivity contribution in [1.82, 2.24) is 15.0 Å². The Bertz CT molecular complexity index is 3160. The third-order valence-electron chi connectivity index (χ3n) is 10.9. The Balaban J connectivity index is 1.16. The molecule has 0 aliphatic rings. The van der Waals surface area contributed by atoms with E-state index in [9.17, 15) is 0 Å². The van der Waals surface area contributed by atoms with E-state index in [1.54, 1.807) is 0 Å². The highest BCUT2D eigenvalue weighted by molar-refractivity contribution is 6.16. The third-order valence-corrected chi connectivity index (χ3v) is 10.9. The van der Waals surface area contributed by atoms with Gasteiger partial charge in [-0.1, -0.05) is 176 Å². The predicted molar refractivity (Wildman–Crippen MR) is 235 cm³/mol. The molecule has 0 radical (unpaired) electrons. The number of hydrogen-bond donors (Lipinski definition) is 0. The second-order valence-corrected chi connectivity index (χ2v) is 14.4. The van der Waals surface area contributed by atoms with Gasteiger partial charge in [0.2, 0.25) is 0 Å². The van der Waals surface area contributed by atoms with Crippen molar-refractivity contribution < 1.29 is 4.42 Å². The number of benzene rings is 9. The maximum Gasteiger partial charge on any atom is 0.164 e. The fraction of sp³-hybridized carbons (Fsp3) is 0. The zero-order valence-corrected chi connectivity index (χ0v) is 30.8. The lowest BCUT2D eigenvalue weighted by Gasteiger charge is -2.13. The van der Waals surface area contributed by atoms with E-state index < -0.39 is 0 Å². The summed E-state index contributed by atoms with van der Waals surface area (Å²) in [5.74, 6) is 1.78. The molecule has 4 heteroatoms. The van der Waals surface area contributed by atoms with E-state index in [-0.39, 0.29) is 0 Å². The topological polar surface area (TPSA) is 51.8 Å². The Morgan fingerprint density at radius 2 is 0.772 bits per heavy atom. The Hall–Kier alpha value is -7.69. The first-order valence-corrected chi connectivity index (χ1v) is 19.2. The van der Waals surface area contributed by atoms with Crippen molar-refractivity contribution in [3.8, 4) is 67.5 Å². The van der Waals surface area contributed by atoms with E-state index in [1.165, 1.54) is 10.8 Å². The highest BCUT2D eigenvalue weighted by Crippen LogP contribution is 2.42. The predicted octanol–water partition coefficient (Wildman–Crippen LogP) is 14.1. The normalized spacial score (nSPS) is 11.5. The van der Waals surface area contributed by atoms with Gasteiger partial charge in [0.25, 0.3) is 0 Å². The molecule has 0 N–H and O–H groups in total. The Kier molecular flexibility index (Phi) is 7.78. The molecular formula is C53H33N3O. The van der Waals surface area contributed by atoms with Crippen LogP contribution in [0.25, 0.3) is 111 Å². The molecule has 0 amide bonds. The van der Waals surface area contributed by atoms with Crippen LogP contribution in [0.4, 0.5) is 0 Å². The van der Waals surface area contributed by atoms with Crippen molar-refractivity contribution >= 4 is 43.5 Å². The van der Waals surface area contributed by atoms with Crippen molar-refractivity contribution in [3.05, 3.63) is 200 Å². The van der Waals surface area contributed by atoms with Crippen LogP contribution in [0.1, 0.15) is 0 Å². The number of rotatable bonds is 6. The minimum absolute atomic E-state index is 0.581. The van der Waals surface area contributed by atoms with Gasteiger partial charge in [0.1, 0.15) is 11.2 Å². The third kappa shape index (κ3) is 5.92. The number of aromatic nitrogens is 3. The Labute approximate surface area is 329 Å². The molecule has 0 saturated heterocycles. The number of nitrogens with zero attached hydrogens (tertiary/aromatic N) is 3. The van der Waals surface area contributed by atoms with Crippen LogP contribution >= 0.6 is 0 Å². The highest BCUT2D eigenvalue weighted by atomic mass is 16.3. The molecule has 0 bridgehead atoms. The second-order valence-electron chi connectivity index (χ2n) is 14.4. The van der Waals surface area contributed by atoms with E-state index in [2.05, 4.69) is 188 Å². The van der Waals surface area contributed by atoms with Crippen molar-refractivity contribution in [3.63, 3.8) is 0 Å². The summed E-state index contributed by atoms with van der Waals surface area (Å²) in [4.78, 5) is 15.7. The summed E-state index contributed by atoms with van der Waals surface area (Å²) in [5.41, 5.74) is 11.0. The molecule has 9 aromatic carbocycles. The molecule has 0 spiro atoms. The van der Waals surface area contributed by atoms with Crippen molar-refractivity contribution in [2.75, 3.05) is 0 Å². The first-order chi connectivity index (χ1) is 28.2. The SMILES string of the molecule is c1ccc(-c2ccc(-c3nc(-c4ccc(-c5ccccc5)cc4)nc(-c4cc(-c5cccc6ccccc56)cc5oc6cc7ccccc7cc6c45)n3)cc2)cc1. The fourth-order valence-corrected chi connectivity index (χ4v) is 8.04. The van der Waals surface area contributed by atoms with E-state index in [4.69, 9.17) is 19.4 Å². The maximum atomic E-state index is 6.77. The Morgan fingerprint density at radius 3 is 1.40 bits per heavy atom. The van der Waals surface area contributed by atoms with E-state index >= 15 is 0 Å². The molecule has 0 atom stereocenters. The molecule has 0 fully saturated rings. The first kappa shape index (κ1) is 32.7. The molecule has 57 heavy (non-hydrogen) atoms. The highest BCUT2D eigenvalue weighted by Gasteiger charge is 2.21. The number of fused-ring (bicyclic) bond motifs is 5. The smallest absolute Gasteiger partial charge is 0.164 e. The average molecular weight is 728 g/mol. The van der Waals surface area contributed by atoms with Gasteiger partial charge < -0.3 is 4.42 Å². The lowest BCUT2D eigenvalue weighted by Crippen LogP contribution is -2.01. The maximum absolute atomic E-state index is 6.77. The number of furan rings is 1. The van der Waals surface area contributed by atoms with E-state index in [0.717, 1.165) is 82.8 Å². The van der Waals surface area contributed by atoms with Gasteiger partial charge in [0.15, 0.2) is 17.5 Å². The Morgan fingerprint density at radius 1 is 0.281 bits per heavy atom. The molecule has 11 aromatic rings. The van der Waals surface area contributed by atoms with E-state index in [1.807, 2.05) is 12.1 Å². The lowest BCUT2D eigenvalue weighted by atomic mass is 9.94. The van der Waals surface area contributed by atoms with Crippen LogP contribution in [0.3, 0.4) is 0 Å². The van der Waals surface area contributed by atoms with Gasteiger partial charge in [-0.2, -0.15) is 0 Å². The van der Waals surface area contributed by atoms with Gasteiger partial charge in [-0.25, -0.2) is 15.0 Å². The minimum atomic E-state index is 0.581. The molecule has 4 nitrogen and oxygen atoms in total. The van der Waals surface area contributed by atoms with Gasteiger partial charge in [0, 0.05) is 27.5 Å². The quantitative estimate of drug-likeness (QED) is 0.171. The van der Waals surface area contributed by atoms with Crippen LogP contribution in [0, 0.1) is 0 Å². The number of hydrogen-bond acceptors (Lipinski definition) is 4. The summed E-state index contributed by atoms with van der Waals surface area (Å²) in [6.45, 7) is 0. The molecule has 11 rings (SSSR count). The summed E-state index contributed by atoms with van der Waals surface area (Å²) in [5, 5.41) is 6.61.